The summed E-state index contributed by atoms with van der Waals surface area (Å²) in [5, 5.41) is 12.0. The van der Waals surface area contributed by atoms with Crippen molar-refractivity contribution in [2.24, 2.45) is 0 Å². The molecule has 7 heteroatoms. The van der Waals surface area contributed by atoms with E-state index in [9.17, 15) is 9.59 Å². The van der Waals surface area contributed by atoms with Crippen molar-refractivity contribution >= 4 is 35.0 Å². The smallest absolute Gasteiger partial charge is 0.347 e. The lowest BCUT2D eigenvalue weighted by Crippen LogP contribution is -2.36. The normalized spacial score (nSPS) is 15.9. The number of thioether (sulfide) groups is 1. The average Bonchev–Trinajstić information content (AvgIpc) is 2.81. The molecule has 0 spiro atoms. The summed E-state index contributed by atoms with van der Waals surface area (Å²) in [4.78, 5) is 27.3. The maximum absolute atomic E-state index is 11.8. The molecule has 2 rings (SSSR count). The average molecular weight is 328 g/mol. The molecule has 21 heavy (non-hydrogen) atoms. The van der Waals surface area contributed by atoms with E-state index < -0.39 is 5.97 Å². The quantitative estimate of drug-likeness (QED) is 0.785. The van der Waals surface area contributed by atoms with E-state index >= 15 is 0 Å². The number of rotatable bonds is 6. The van der Waals surface area contributed by atoms with Gasteiger partial charge in [0.2, 0.25) is 5.91 Å². The highest BCUT2D eigenvalue weighted by atomic mass is 32.2. The molecule has 0 aliphatic heterocycles. The van der Waals surface area contributed by atoms with E-state index in [-0.39, 0.29) is 10.8 Å². The second-order valence-electron chi connectivity index (χ2n) is 5.20. The van der Waals surface area contributed by atoms with Crippen LogP contribution in [0.3, 0.4) is 0 Å². The van der Waals surface area contributed by atoms with Crippen LogP contribution >= 0.6 is 23.1 Å². The minimum atomic E-state index is -0.938. The van der Waals surface area contributed by atoms with Crippen LogP contribution < -0.4 is 5.32 Å². The molecule has 1 saturated carbocycles. The van der Waals surface area contributed by atoms with Crippen LogP contribution in [0.25, 0.3) is 0 Å². The Morgan fingerprint density at radius 3 is 2.71 bits per heavy atom. The first-order valence-electron chi connectivity index (χ1n) is 7.19. The number of hydrogen-bond donors (Lipinski definition) is 2. The summed E-state index contributed by atoms with van der Waals surface area (Å²) in [6.07, 6.45) is 6.31. The number of aromatic carboxylic acids is 1. The van der Waals surface area contributed by atoms with Gasteiger partial charge in [-0.05, 0) is 19.8 Å². The van der Waals surface area contributed by atoms with Gasteiger partial charge in [-0.3, -0.25) is 4.79 Å². The molecule has 0 saturated heterocycles. The van der Waals surface area contributed by atoms with Gasteiger partial charge < -0.3 is 10.4 Å². The lowest BCUT2D eigenvalue weighted by molar-refractivity contribution is -0.121. The lowest BCUT2D eigenvalue weighted by atomic mass is 9.95. The van der Waals surface area contributed by atoms with Crippen LogP contribution in [-0.4, -0.2) is 33.8 Å². The molecule has 116 valence electrons. The SMILES string of the molecule is Cc1nc(SCCC(=O)NC2CCCCC2)sc1C(=O)O. The highest BCUT2D eigenvalue weighted by Crippen LogP contribution is 2.27. The van der Waals surface area contributed by atoms with Gasteiger partial charge in [-0.2, -0.15) is 0 Å². The number of carboxylic acid groups (broad SMARTS) is 1. The van der Waals surface area contributed by atoms with E-state index in [1.54, 1.807) is 6.92 Å². The first kappa shape index (κ1) is 16.3. The van der Waals surface area contributed by atoms with Gasteiger partial charge in [0, 0.05) is 18.2 Å². The standard InChI is InChI=1S/C14H20N2O3S2/c1-9-12(13(18)19)21-14(15-9)20-8-7-11(17)16-10-5-3-2-4-6-10/h10H,2-8H2,1H3,(H,16,17)(H,18,19). The number of aryl methyl sites for hydroxylation is 1. The fourth-order valence-electron chi connectivity index (χ4n) is 2.41. The number of nitrogens with one attached hydrogen (secondary N) is 1. The lowest BCUT2D eigenvalue weighted by Gasteiger charge is -2.22. The van der Waals surface area contributed by atoms with Crippen molar-refractivity contribution in [1.29, 1.82) is 0 Å². The first-order chi connectivity index (χ1) is 10.1. The second-order valence-corrected chi connectivity index (χ2v) is 7.54. The number of amides is 1. The molecule has 0 unspecified atom stereocenters. The molecule has 0 aromatic carbocycles. The first-order valence-corrected chi connectivity index (χ1v) is 8.99. The Hall–Kier alpha value is -1.08. The molecule has 1 amide bonds. The van der Waals surface area contributed by atoms with Gasteiger partial charge in [0.15, 0.2) is 4.34 Å². The second kappa shape index (κ2) is 7.79. The van der Waals surface area contributed by atoms with E-state index in [0.29, 0.717) is 23.9 Å². The number of carbonyl (C=O) groups excluding carboxylic acids is 1. The maximum atomic E-state index is 11.8. The minimum Gasteiger partial charge on any atom is -0.477 e. The monoisotopic (exact) mass is 328 g/mol. The van der Waals surface area contributed by atoms with Crippen molar-refractivity contribution in [3.63, 3.8) is 0 Å². The molecule has 5 nitrogen and oxygen atoms in total. The molecular weight excluding hydrogens is 308 g/mol. The van der Waals surface area contributed by atoms with Crippen LogP contribution in [0.1, 0.15) is 53.9 Å². The van der Waals surface area contributed by atoms with Gasteiger partial charge in [0.1, 0.15) is 4.88 Å². The van der Waals surface area contributed by atoms with Crippen LogP contribution in [0.4, 0.5) is 0 Å². The predicted molar refractivity (Wildman–Crippen MR) is 84.2 cm³/mol. The molecule has 1 fully saturated rings. The van der Waals surface area contributed by atoms with E-state index in [4.69, 9.17) is 5.11 Å². The van der Waals surface area contributed by atoms with Crippen molar-refractivity contribution in [1.82, 2.24) is 10.3 Å². The molecule has 1 aromatic rings. The largest absolute Gasteiger partial charge is 0.477 e. The third-order valence-corrected chi connectivity index (χ3v) is 5.79. The summed E-state index contributed by atoms with van der Waals surface area (Å²) < 4.78 is 0.718. The van der Waals surface area contributed by atoms with Gasteiger partial charge in [-0.1, -0.05) is 31.0 Å². The highest BCUT2D eigenvalue weighted by Gasteiger charge is 2.17. The summed E-state index contributed by atoms with van der Waals surface area (Å²) in [5.74, 6) is -0.224. The fourth-order valence-corrected chi connectivity index (χ4v) is 4.45. The van der Waals surface area contributed by atoms with E-state index in [1.165, 1.54) is 42.4 Å². The van der Waals surface area contributed by atoms with Crippen LogP contribution in [0.5, 0.6) is 0 Å². The Kier molecular flexibility index (Phi) is 6.05. The molecule has 0 atom stereocenters. The van der Waals surface area contributed by atoms with Crippen LogP contribution in [0, 0.1) is 6.92 Å². The topological polar surface area (TPSA) is 79.3 Å². The van der Waals surface area contributed by atoms with Crippen LogP contribution in [-0.2, 0) is 4.79 Å². The van der Waals surface area contributed by atoms with E-state index in [1.807, 2.05) is 0 Å². The highest BCUT2D eigenvalue weighted by molar-refractivity contribution is 8.01. The Morgan fingerprint density at radius 2 is 2.10 bits per heavy atom. The van der Waals surface area contributed by atoms with E-state index in [2.05, 4.69) is 10.3 Å². The zero-order chi connectivity index (χ0) is 15.2. The maximum Gasteiger partial charge on any atom is 0.347 e. The van der Waals surface area contributed by atoms with E-state index in [0.717, 1.165) is 17.2 Å². The summed E-state index contributed by atoms with van der Waals surface area (Å²) in [6, 6.07) is 0.344. The van der Waals surface area contributed by atoms with Gasteiger partial charge in [-0.25, -0.2) is 9.78 Å². The Labute approximate surface area is 132 Å². The summed E-state index contributed by atoms with van der Waals surface area (Å²) in [7, 11) is 0. The molecule has 1 aliphatic rings. The Balaban J connectivity index is 1.72. The van der Waals surface area contributed by atoms with Crippen LogP contribution in [0.2, 0.25) is 0 Å². The third kappa shape index (κ3) is 5.00. The summed E-state index contributed by atoms with van der Waals surface area (Å²) in [6.45, 7) is 1.69. The van der Waals surface area contributed by atoms with Gasteiger partial charge in [0.05, 0.1) is 5.69 Å². The van der Waals surface area contributed by atoms with Crippen molar-refractivity contribution < 1.29 is 14.7 Å². The summed E-state index contributed by atoms with van der Waals surface area (Å²) >= 11 is 2.62. The molecular formula is C14H20N2O3S2. The number of nitrogens with zero attached hydrogens (tertiary/aromatic N) is 1. The number of aromatic nitrogens is 1. The number of carbonyl (C=O) groups is 2. The molecule has 2 N–H and O–H groups in total. The number of hydrogen-bond acceptors (Lipinski definition) is 5. The predicted octanol–water partition coefficient (Wildman–Crippen LogP) is 3.08. The van der Waals surface area contributed by atoms with Crippen molar-refractivity contribution in [3.8, 4) is 0 Å². The summed E-state index contributed by atoms with van der Waals surface area (Å²) in [5.41, 5.74) is 0.543. The molecule has 0 radical (unpaired) electrons. The molecule has 1 heterocycles. The van der Waals surface area contributed by atoms with Crippen LogP contribution in [0.15, 0.2) is 4.34 Å². The van der Waals surface area contributed by atoms with Crippen molar-refractivity contribution in [2.75, 3.05) is 5.75 Å². The third-order valence-electron chi connectivity index (χ3n) is 3.50. The molecule has 0 bridgehead atoms. The van der Waals surface area contributed by atoms with Gasteiger partial charge in [-0.15, -0.1) is 11.3 Å². The molecule has 1 aromatic heterocycles. The Morgan fingerprint density at radius 1 is 1.38 bits per heavy atom. The number of thiazole rings is 1. The zero-order valence-electron chi connectivity index (χ0n) is 12.1. The van der Waals surface area contributed by atoms with Gasteiger partial charge >= 0.3 is 5.97 Å². The number of carboxylic acids is 1. The zero-order valence-corrected chi connectivity index (χ0v) is 13.7. The minimum absolute atomic E-state index is 0.0844. The van der Waals surface area contributed by atoms with Gasteiger partial charge in [0.25, 0.3) is 0 Å². The Bertz CT molecular complexity index is 510. The fraction of sp³-hybridized carbons (Fsp3) is 0.643. The van der Waals surface area contributed by atoms with Crippen molar-refractivity contribution in [2.45, 2.75) is 55.8 Å². The molecule has 1 aliphatic carbocycles. The van der Waals surface area contributed by atoms with Crippen molar-refractivity contribution in [3.05, 3.63) is 10.6 Å².